The van der Waals surface area contributed by atoms with Crippen molar-refractivity contribution in [3.8, 4) is 0 Å². The molecule has 0 bridgehead atoms. The van der Waals surface area contributed by atoms with E-state index in [2.05, 4.69) is 28.4 Å². The first-order chi connectivity index (χ1) is 9.54. The average Bonchev–Trinajstić information content (AvgIpc) is 2.46. The molecule has 1 heterocycles. The van der Waals surface area contributed by atoms with Crippen molar-refractivity contribution < 1.29 is 4.79 Å². The molecule has 1 aliphatic heterocycles. The first-order valence-electron chi connectivity index (χ1n) is 7.31. The van der Waals surface area contributed by atoms with Crippen LogP contribution in [0.5, 0.6) is 0 Å². The number of carbonyl (C=O) groups is 1. The van der Waals surface area contributed by atoms with Crippen molar-refractivity contribution in [2.24, 2.45) is 0 Å². The number of fused-ring (bicyclic) bond motifs is 1. The van der Waals surface area contributed by atoms with Gasteiger partial charge < -0.3 is 15.1 Å². The van der Waals surface area contributed by atoms with Crippen LogP contribution < -0.4 is 10.2 Å². The number of carbonyl (C=O) groups excluding carboxylic acids is 1. The molecule has 4 heteroatoms. The fourth-order valence-corrected chi connectivity index (χ4v) is 2.66. The largest absolute Gasteiger partial charge is 0.362 e. The van der Waals surface area contributed by atoms with Crippen LogP contribution in [0, 0.1) is 0 Å². The van der Waals surface area contributed by atoms with Crippen molar-refractivity contribution in [2.45, 2.75) is 32.4 Å². The van der Waals surface area contributed by atoms with E-state index >= 15 is 0 Å². The van der Waals surface area contributed by atoms with Crippen LogP contribution in [0.2, 0.25) is 0 Å². The zero-order valence-electron chi connectivity index (χ0n) is 12.9. The molecule has 2 rings (SSSR count). The summed E-state index contributed by atoms with van der Waals surface area (Å²) in [4.78, 5) is 16.3. The van der Waals surface area contributed by atoms with Crippen LogP contribution in [0.4, 0.5) is 5.69 Å². The molecule has 0 aromatic heterocycles. The number of likely N-dealkylation sites (N-methyl/N-ethyl adjacent to an activating group) is 1. The highest BCUT2D eigenvalue weighted by atomic mass is 16.2. The lowest BCUT2D eigenvalue weighted by molar-refractivity contribution is -0.129. The van der Waals surface area contributed by atoms with Crippen molar-refractivity contribution in [2.75, 3.05) is 32.1 Å². The molecule has 0 spiro atoms. The van der Waals surface area contributed by atoms with Crippen LogP contribution in [-0.4, -0.2) is 44.0 Å². The number of anilines is 1. The molecule has 1 aliphatic rings. The fraction of sp³-hybridized carbons (Fsp3) is 0.562. The van der Waals surface area contributed by atoms with Gasteiger partial charge in [-0.3, -0.25) is 4.79 Å². The molecule has 1 amide bonds. The Kier molecular flexibility index (Phi) is 4.65. The number of benzene rings is 1. The average molecular weight is 275 g/mol. The Labute approximate surface area is 121 Å². The zero-order chi connectivity index (χ0) is 14.7. The Morgan fingerprint density at radius 3 is 2.80 bits per heavy atom. The maximum Gasteiger partial charge on any atom is 0.242 e. The minimum absolute atomic E-state index is 0.178. The van der Waals surface area contributed by atoms with E-state index in [0.717, 1.165) is 13.0 Å². The molecular weight excluding hydrogens is 250 g/mol. The first-order valence-corrected chi connectivity index (χ1v) is 7.31. The van der Waals surface area contributed by atoms with E-state index in [9.17, 15) is 4.79 Å². The Hall–Kier alpha value is -1.55. The topological polar surface area (TPSA) is 35.6 Å². The summed E-state index contributed by atoms with van der Waals surface area (Å²) in [6, 6.07) is 9.00. The van der Waals surface area contributed by atoms with Gasteiger partial charge in [0.05, 0.1) is 6.54 Å². The van der Waals surface area contributed by atoms with Gasteiger partial charge in [0.1, 0.15) is 0 Å². The molecule has 0 saturated heterocycles. The van der Waals surface area contributed by atoms with E-state index in [-0.39, 0.29) is 11.9 Å². The number of hydrogen-bond donors (Lipinski definition) is 1. The molecule has 0 aliphatic carbocycles. The number of para-hydroxylation sites is 1. The van der Waals surface area contributed by atoms with Crippen molar-refractivity contribution in [3.05, 3.63) is 29.8 Å². The number of nitrogens with one attached hydrogen (secondary N) is 1. The maximum atomic E-state index is 12.3. The molecule has 1 aromatic rings. The Bertz CT molecular complexity index is 473. The second-order valence-corrected chi connectivity index (χ2v) is 5.71. The van der Waals surface area contributed by atoms with E-state index in [0.29, 0.717) is 12.6 Å². The van der Waals surface area contributed by atoms with Crippen LogP contribution in [0.25, 0.3) is 0 Å². The third kappa shape index (κ3) is 2.96. The van der Waals surface area contributed by atoms with Gasteiger partial charge in [-0.2, -0.15) is 0 Å². The lowest BCUT2D eigenvalue weighted by Gasteiger charge is -2.36. The predicted molar refractivity (Wildman–Crippen MR) is 83.0 cm³/mol. The summed E-state index contributed by atoms with van der Waals surface area (Å²) in [7, 11) is 3.87. The molecule has 0 saturated carbocycles. The van der Waals surface area contributed by atoms with Crippen LogP contribution in [0.3, 0.4) is 0 Å². The monoisotopic (exact) mass is 275 g/mol. The Morgan fingerprint density at radius 1 is 1.45 bits per heavy atom. The van der Waals surface area contributed by atoms with Gasteiger partial charge in [0, 0.05) is 31.4 Å². The van der Waals surface area contributed by atoms with E-state index in [4.69, 9.17) is 0 Å². The van der Waals surface area contributed by atoms with Crippen LogP contribution >= 0.6 is 0 Å². The normalized spacial score (nSPS) is 18.1. The quantitative estimate of drug-likeness (QED) is 0.913. The molecule has 0 fully saturated rings. The van der Waals surface area contributed by atoms with Crippen molar-refractivity contribution in [1.82, 2.24) is 10.2 Å². The molecule has 1 N–H and O–H groups in total. The second kappa shape index (κ2) is 6.27. The molecule has 0 radical (unpaired) electrons. The van der Waals surface area contributed by atoms with E-state index in [1.807, 2.05) is 38.9 Å². The van der Waals surface area contributed by atoms with Gasteiger partial charge in [0.25, 0.3) is 0 Å². The lowest BCUT2D eigenvalue weighted by atomic mass is 9.96. The van der Waals surface area contributed by atoms with Crippen LogP contribution in [-0.2, 0) is 4.79 Å². The predicted octanol–water partition coefficient (Wildman–Crippen LogP) is 2.02. The third-order valence-electron chi connectivity index (χ3n) is 4.18. The minimum atomic E-state index is 0.178. The summed E-state index contributed by atoms with van der Waals surface area (Å²) in [5.74, 6) is 0.178. The molecule has 20 heavy (non-hydrogen) atoms. The molecular formula is C16H25N3O. The molecule has 4 nitrogen and oxygen atoms in total. The summed E-state index contributed by atoms with van der Waals surface area (Å²) in [5, 5.41) is 3.35. The van der Waals surface area contributed by atoms with Gasteiger partial charge in [-0.15, -0.1) is 0 Å². The summed E-state index contributed by atoms with van der Waals surface area (Å²) in [6.07, 6.45) is 1.03. The van der Waals surface area contributed by atoms with Gasteiger partial charge in [0.2, 0.25) is 5.91 Å². The van der Waals surface area contributed by atoms with Crippen molar-refractivity contribution in [3.63, 3.8) is 0 Å². The lowest BCUT2D eigenvalue weighted by Crippen LogP contribution is -2.44. The van der Waals surface area contributed by atoms with E-state index < -0.39 is 0 Å². The fourth-order valence-electron chi connectivity index (χ4n) is 2.66. The smallest absolute Gasteiger partial charge is 0.242 e. The van der Waals surface area contributed by atoms with Gasteiger partial charge in [-0.05, 0) is 38.9 Å². The second-order valence-electron chi connectivity index (χ2n) is 5.71. The summed E-state index contributed by atoms with van der Waals surface area (Å²) >= 11 is 0. The molecule has 1 aromatic carbocycles. The number of hydrogen-bond acceptors (Lipinski definition) is 3. The van der Waals surface area contributed by atoms with E-state index in [1.165, 1.54) is 11.3 Å². The zero-order valence-corrected chi connectivity index (χ0v) is 12.9. The van der Waals surface area contributed by atoms with Gasteiger partial charge in [-0.1, -0.05) is 18.2 Å². The van der Waals surface area contributed by atoms with Crippen molar-refractivity contribution in [1.29, 1.82) is 0 Å². The molecule has 110 valence electrons. The third-order valence-corrected chi connectivity index (χ3v) is 4.18. The van der Waals surface area contributed by atoms with Gasteiger partial charge >= 0.3 is 0 Å². The summed E-state index contributed by atoms with van der Waals surface area (Å²) < 4.78 is 0. The highest BCUT2D eigenvalue weighted by Gasteiger charge is 2.25. The highest BCUT2D eigenvalue weighted by molar-refractivity contribution is 5.82. The standard InChI is InChI=1S/C16H25N3O/c1-12(2)18(4)16(20)11-19-10-9-14(17-3)13-7-5-6-8-15(13)19/h5-8,12,14,17H,9-11H2,1-4H3. The van der Waals surface area contributed by atoms with Crippen LogP contribution in [0.15, 0.2) is 24.3 Å². The Balaban J connectivity index is 2.16. The Morgan fingerprint density at radius 2 is 2.15 bits per heavy atom. The maximum absolute atomic E-state index is 12.3. The SMILES string of the molecule is CNC1CCN(CC(=O)N(C)C(C)C)c2ccccc21. The highest BCUT2D eigenvalue weighted by Crippen LogP contribution is 2.33. The number of nitrogens with zero attached hydrogens (tertiary/aromatic N) is 2. The van der Waals surface area contributed by atoms with Crippen LogP contribution in [0.1, 0.15) is 31.9 Å². The summed E-state index contributed by atoms with van der Waals surface area (Å²) in [6.45, 7) is 5.46. The first kappa shape index (κ1) is 14.9. The summed E-state index contributed by atoms with van der Waals surface area (Å²) in [5.41, 5.74) is 2.48. The van der Waals surface area contributed by atoms with E-state index in [1.54, 1.807) is 0 Å². The van der Waals surface area contributed by atoms with Crippen molar-refractivity contribution >= 4 is 11.6 Å². The minimum Gasteiger partial charge on any atom is -0.362 e. The molecule has 1 unspecified atom stereocenters. The van der Waals surface area contributed by atoms with Gasteiger partial charge in [-0.25, -0.2) is 0 Å². The van der Waals surface area contributed by atoms with Gasteiger partial charge in [0.15, 0.2) is 0 Å². The molecule has 1 atom stereocenters. The number of amides is 1. The number of rotatable bonds is 4.